The molecular weight excluding hydrogens is 479 g/mol. The number of hydrogen-bond donors (Lipinski definition) is 2. The number of likely N-dealkylation sites (N-methyl/N-ethyl adjacent to an activating group) is 1. The van der Waals surface area contributed by atoms with E-state index in [9.17, 15) is 10.2 Å². The number of likely N-dealkylation sites (tertiary alicyclic amines) is 1. The molecule has 1 fully saturated rings. The van der Waals surface area contributed by atoms with Gasteiger partial charge in [-0.15, -0.1) is 0 Å². The third kappa shape index (κ3) is 6.85. The molecule has 0 amide bonds. The molecule has 0 aliphatic carbocycles. The molecule has 6 heteroatoms. The van der Waals surface area contributed by atoms with Crippen molar-refractivity contribution in [2.75, 3.05) is 33.2 Å². The van der Waals surface area contributed by atoms with Crippen molar-refractivity contribution >= 4 is 23.2 Å². The summed E-state index contributed by atoms with van der Waals surface area (Å²) in [4.78, 5) is 4.49. The van der Waals surface area contributed by atoms with Crippen molar-refractivity contribution in [3.05, 3.63) is 106 Å². The van der Waals surface area contributed by atoms with Crippen LogP contribution in [0, 0.1) is 0 Å². The maximum Gasteiger partial charge on any atom is 0.0920 e. The van der Waals surface area contributed by atoms with Crippen molar-refractivity contribution in [2.45, 2.75) is 37.0 Å². The van der Waals surface area contributed by atoms with Gasteiger partial charge in [0.2, 0.25) is 0 Å². The Morgan fingerprint density at radius 3 is 2.17 bits per heavy atom. The van der Waals surface area contributed by atoms with Crippen LogP contribution in [0.3, 0.4) is 0 Å². The number of rotatable bonds is 9. The molecule has 3 aromatic carbocycles. The van der Waals surface area contributed by atoms with Crippen LogP contribution < -0.4 is 0 Å². The van der Waals surface area contributed by atoms with E-state index < -0.39 is 11.7 Å². The fraction of sp³-hybridized carbons (Fsp3) is 0.379. The van der Waals surface area contributed by atoms with E-state index in [4.69, 9.17) is 23.2 Å². The minimum absolute atomic E-state index is 0.131. The van der Waals surface area contributed by atoms with Gasteiger partial charge in [-0.2, -0.15) is 0 Å². The molecule has 3 aromatic rings. The highest BCUT2D eigenvalue weighted by molar-refractivity contribution is 6.42. The summed E-state index contributed by atoms with van der Waals surface area (Å²) in [6.45, 7) is 3.47. The Kier molecular flexibility index (Phi) is 8.87. The number of halogens is 2. The lowest BCUT2D eigenvalue weighted by Gasteiger charge is -2.40. The summed E-state index contributed by atoms with van der Waals surface area (Å²) in [6.07, 6.45) is 0.706. The average molecular weight is 514 g/mol. The van der Waals surface area contributed by atoms with Crippen molar-refractivity contribution in [1.82, 2.24) is 9.80 Å². The third-order valence-corrected chi connectivity index (χ3v) is 7.82. The second-order valence-corrected chi connectivity index (χ2v) is 10.5. The summed E-state index contributed by atoms with van der Waals surface area (Å²) in [6, 6.07) is 25.9. The lowest BCUT2D eigenvalue weighted by atomic mass is 9.84. The Morgan fingerprint density at radius 1 is 0.914 bits per heavy atom. The molecule has 2 unspecified atom stereocenters. The van der Waals surface area contributed by atoms with Crippen molar-refractivity contribution in [3.8, 4) is 0 Å². The van der Waals surface area contributed by atoms with Crippen LogP contribution in [-0.2, 0) is 12.1 Å². The quantitative estimate of drug-likeness (QED) is 0.394. The Bertz CT molecular complexity index is 1070. The Morgan fingerprint density at radius 2 is 1.54 bits per heavy atom. The van der Waals surface area contributed by atoms with Crippen molar-refractivity contribution in [1.29, 1.82) is 0 Å². The molecule has 1 aliphatic heterocycles. The first-order chi connectivity index (χ1) is 16.8. The van der Waals surface area contributed by atoms with Crippen molar-refractivity contribution in [3.63, 3.8) is 0 Å². The minimum atomic E-state index is -0.804. The number of aliphatic hydroxyl groups is 2. The predicted molar refractivity (Wildman–Crippen MR) is 144 cm³/mol. The van der Waals surface area contributed by atoms with Crippen LogP contribution in [0.2, 0.25) is 10.0 Å². The van der Waals surface area contributed by atoms with Crippen LogP contribution in [0.1, 0.15) is 35.4 Å². The zero-order valence-corrected chi connectivity index (χ0v) is 21.7. The van der Waals surface area contributed by atoms with Crippen LogP contribution >= 0.6 is 23.2 Å². The first-order valence-corrected chi connectivity index (χ1v) is 13.0. The number of β-amino-alcohol motifs (C(OH)–C–C–N with tert-alkyl or cyclic N) is 1. The molecule has 4 rings (SSSR count). The van der Waals surface area contributed by atoms with Crippen LogP contribution in [0.25, 0.3) is 0 Å². The Labute approximate surface area is 218 Å². The number of aliphatic hydroxyl groups excluding tert-OH is 1. The number of hydrogen-bond acceptors (Lipinski definition) is 4. The second-order valence-electron chi connectivity index (χ2n) is 9.73. The molecule has 35 heavy (non-hydrogen) atoms. The van der Waals surface area contributed by atoms with Gasteiger partial charge in [0, 0.05) is 38.6 Å². The largest absolute Gasteiger partial charge is 0.391 e. The molecule has 4 nitrogen and oxygen atoms in total. The normalized spacial score (nSPS) is 17.9. The first kappa shape index (κ1) is 26.2. The molecule has 0 bridgehead atoms. The SMILES string of the molecule is CN(Cc1ccccc1)CC(c1ccc(Cl)c(Cl)c1)C(O)CN1CCC(O)(c2ccccc2)CC1. The molecule has 186 valence electrons. The van der Waals surface area contributed by atoms with Gasteiger partial charge in [0.15, 0.2) is 0 Å². The molecular formula is C29H34Cl2N2O2. The van der Waals surface area contributed by atoms with Gasteiger partial charge >= 0.3 is 0 Å². The molecule has 0 aromatic heterocycles. The average Bonchev–Trinajstić information content (AvgIpc) is 2.87. The van der Waals surface area contributed by atoms with Gasteiger partial charge in [0.1, 0.15) is 0 Å². The molecule has 2 atom stereocenters. The van der Waals surface area contributed by atoms with E-state index in [1.165, 1.54) is 5.56 Å². The number of nitrogens with zero attached hydrogens (tertiary/aromatic N) is 2. The highest BCUT2D eigenvalue weighted by Gasteiger charge is 2.35. The maximum atomic E-state index is 11.4. The highest BCUT2D eigenvalue weighted by atomic mass is 35.5. The van der Waals surface area contributed by atoms with Gasteiger partial charge in [-0.3, -0.25) is 0 Å². The van der Waals surface area contributed by atoms with Gasteiger partial charge in [0.25, 0.3) is 0 Å². The topological polar surface area (TPSA) is 46.9 Å². The molecule has 1 aliphatic rings. The highest BCUT2D eigenvalue weighted by Crippen LogP contribution is 2.34. The molecule has 1 saturated heterocycles. The monoisotopic (exact) mass is 512 g/mol. The fourth-order valence-electron chi connectivity index (χ4n) is 5.02. The van der Waals surface area contributed by atoms with Crippen molar-refractivity contribution in [2.24, 2.45) is 0 Å². The summed E-state index contributed by atoms with van der Waals surface area (Å²) in [5.74, 6) is -0.131. The van der Waals surface area contributed by atoms with Crippen LogP contribution in [-0.4, -0.2) is 59.3 Å². The van der Waals surface area contributed by atoms with Gasteiger partial charge in [0.05, 0.1) is 21.8 Å². The van der Waals surface area contributed by atoms with Gasteiger partial charge in [-0.05, 0) is 48.7 Å². The summed E-state index contributed by atoms with van der Waals surface area (Å²) in [5.41, 5.74) is 2.37. The maximum absolute atomic E-state index is 11.4. The van der Waals surface area contributed by atoms with Gasteiger partial charge < -0.3 is 20.0 Å². The molecule has 0 spiro atoms. The molecule has 0 saturated carbocycles. The lowest BCUT2D eigenvalue weighted by Crippen LogP contribution is -2.47. The molecule has 2 N–H and O–H groups in total. The van der Waals surface area contributed by atoms with E-state index in [0.29, 0.717) is 36.0 Å². The van der Waals surface area contributed by atoms with Crippen LogP contribution in [0.4, 0.5) is 0 Å². The molecule has 0 radical (unpaired) electrons. The van der Waals surface area contributed by atoms with Crippen molar-refractivity contribution < 1.29 is 10.2 Å². The Hall–Kier alpha value is -1.92. The Balaban J connectivity index is 1.44. The summed E-state index contributed by atoms with van der Waals surface area (Å²) in [5, 5.41) is 23.6. The van der Waals surface area contributed by atoms with Gasteiger partial charge in [-0.1, -0.05) is 89.9 Å². The smallest absolute Gasteiger partial charge is 0.0920 e. The van der Waals surface area contributed by atoms with E-state index >= 15 is 0 Å². The zero-order valence-electron chi connectivity index (χ0n) is 20.2. The van der Waals surface area contributed by atoms with E-state index in [2.05, 4.69) is 29.0 Å². The molecule has 1 heterocycles. The second kappa shape index (κ2) is 11.9. The number of benzene rings is 3. The summed E-state index contributed by atoms with van der Waals surface area (Å²) in [7, 11) is 2.07. The predicted octanol–water partition coefficient (Wildman–Crippen LogP) is 5.55. The van der Waals surface area contributed by atoms with Crippen LogP contribution in [0.15, 0.2) is 78.9 Å². The lowest BCUT2D eigenvalue weighted by molar-refractivity contribution is -0.0368. The zero-order chi connectivity index (χ0) is 24.8. The summed E-state index contributed by atoms with van der Waals surface area (Å²) >= 11 is 12.5. The van der Waals surface area contributed by atoms with Gasteiger partial charge in [-0.25, -0.2) is 0 Å². The van der Waals surface area contributed by atoms with Crippen LogP contribution in [0.5, 0.6) is 0 Å². The van der Waals surface area contributed by atoms with E-state index in [1.807, 2.05) is 60.7 Å². The van der Waals surface area contributed by atoms with E-state index in [0.717, 1.165) is 30.8 Å². The first-order valence-electron chi connectivity index (χ1n) is 12.2. The fourth-order valence-corrected chi connectivity index (χ4v) is 5.33. The number of piperidine rings is 1. The standard InChI is InChI=1S/C29H34Cl2N2O2/c1-32(19-22-8-4-2-5-9-22)20-25(23-12-13-26(30)27(31)18-23)28(34)21-33-16-14-29(35,15-17-33)24-10-6-3-7-11-24/h2-13,18,25,28,34-35H,14-17,19-21H2,1H3. The summed E-state index contributed by atoms with van der Waals surface area (Å²) < 4.78 is 0. The van der Waals surface area contributed by atoms with E-state index in [1.54, 1.807) is 6.07 Å². The van der Waals surface area contributed by atoms with E-state index in [-0.39, 0.29) is 5.92 Å². The third-order valence-electron chi connectivity index (χ3n) is 7.08. The minimum Gasteiger partial charge on any atom is -0.391 e.